The summed E-state index contributed by atoms with van der Waals surface area (Å²) in [6.07, 6.45) is 0. The average molecular weight is 404 g/mol. The Kier molecular flexibility index (Phi) is 5.19. The lowest BCUT2D eigenvalue weighted by Crippen LogP contribution is -2.00. The molecule has 0 unspecified atom stereocenters. The molecule has 5 heteroatoms. The highest BCUT2D eigenvalue weighted by Gasteiger charge is 2.13. The van der Waals surface area contributed by atoms with Gasteiger partial charge in [0.2, 0.25) is 0 Å². The van der Waals surface area contributed by atoms with Gasteiger partial charge < -0.3 is 9.84 Å². The van der Waals surface area contributed by atoms with E-state index in [1.165, 1.54) is 0 Å². The third-order valence-electron chi connectivity index (χ3n) is 4.66. The maximum Gasteiger partial charge on any atom is 0.336 e. The predicted octanol–water partition coefficient (Wildman–Crippen LogP) is 6.14. The Balaban J connectivity index is 1.60. The molecule has 0 radical (unpaired) electrons. The van der Waals surface area contributed by atoms with Gasteiger partial charge in [0, 0.05) is 16.0 Å². The van der Waals surface area contributed by atoms with E-state index >= 15 is 0 Å². The lowest BCUT2D eigenvalue weighted by Gasteiger charge is -2.10. The van der Waals surface area contributed by atoms with Gasteiger partial charge in [0.1, 0.15) is 12.4 Å². The number of nitrogens with zero attached hydrogens (tertiary/aromatic N) is 1. The van der Waals surface area contributed by atoms with Crippen molar-refractivity contribution in [2.24, 2.45) is 0 Å². The maximum absolute atomic E-state index is 11.7. The summed E-state index contributed by atoms with van der Waals surface area (Å²) in [4.78, 5) is 16.4. The first-order valence-corrected chi connectivity index (χ1v) is 9.50. The highest BCUT2D eigenvalue weighted by atomic mass is 35.5. The molecule has 0 spiro atoms. The standard InChI is InChI=1S/C24H18ClNO3/c1-15-2-11-22-20(12-15)21(24(27)28)13-23(26-22)17-5-9-19(10-6-17)29-14-16-3-7-18(25)8-4-16/h2-13H,14H2,1H3,(H,27,28). The Hall–Kier alpha value is -3.37. The van der Waals surface area contributed by atoms with Gasteiger partial charge in [0.05, 0.1) is 16.8 Å². The molecule has 0 aliphatic heterocycles. The molecule has 1 aromatic heterocycles. The number of hydrogen-bond acceptors (Lipinski definition) is 3. The van der Waals surface area contributed by atoms with Crippen LogP contribution in [-0.2, 0) is 6.61 Å². The van der Waals surface area contributed by atoms with E-state index in [-0.39, 0.29) is 5.56 Å². The normalized spacial score (nSPS) is 10.8. The molecule has 4 aromatic rings. The number of hydrogen-bond donors (Lipinski definition) is 1. The van der Waals surface area contributed by atoms with Crippen molar-refractivity contribution in [2.75, 3.05) is 0 Å². The fourth-order valence-electron chi connectivity index (χ4n) is 3.13. The molecule has 0 amide bonds. The van der Waals surface area contributed by atoms with Crippen LogP contribution in [0.4, 0.5) is 0 Å². The topological polar surface area (TPSA) is 59.4 Å². The fourth-order valence-corrected chi connectivity index (χ4v) is 3.26. The molecule has 0 saturated heterocycles. The quantitative estimate of drug-likeness (QED) is 0.434. The van der Waals surface area contributed by atoms with E-state index < -0.39 is 5.97 Å². The Bertz CT molecular complexity index is 1190. The van der Waals surface area contributed by atoms with Gasteiger partial charge in [0.25, 0.3) is 0 Å². The second-order valence-corrected chi connectivity index (χ2v) is 7.26. The van der Waals surface area contributed by atoms with E-state index in [0.29, 0.717) is 28.2 Å². The molecule has 3 aromatic carbocycles. The molecule has 144 valence electrons. The molecule has 1 heterocycles. The van der Waals surface area contributed by atoms with Gasteiger partial charge in [-0.15, -0.1) is 0 Å². The van der Waals surface area contributed by atoms with Gasteiger partial charge in [-0.25, -0.2) is 9.78 Å². The summed E-state index contributed by atoms with van der Waals surface area (Å²) in [6, 6.07) is 22.2. The number of carboxylic acid groups (broad SMARTS) is 1. The molecule has 0 fully saturated rings. The number of carboxylic acids is 1. The van der Waals surface area contributed by atoms with Gasteiger partial charge >= 0.3 is 5.97 Å². The molecular formula is C24H18ClNO3. The lowest BCUT2D eigenvalue weighted by atomic mass is 10.0. The zero-order chi connectivity index (χ0) is 20.4. The minimum absolute atomic E-state index is 0.247. The molecule has 4 rings (SSSR count). The number of aryl methyl sites for hydroxylation is 1. The molecule has 4 nitrogen and oxygen atoms in total. The fraction of sp³-hybridized carbons (Fsp3) is 0.0833. The minimum Gasteiger partial charge on any atom is -0.489 e. The smallest absolute Gasteiger partial charge is 0.336 e. The Labute approximate surface area is 173 Å². The first kappa shape index (κ1) is 19.0. The first-order chi connectivity index (χ1) is 14.0. The van der Waals surface area contributed by atoms with Crippen LogP contribution >= 0.6 is 11.6 Å². The van der Waals surface area contributed by atoms with Gasteiger partial charge in [-0.2, -0.15) is 0 Å². The number of benzene rings is 3. The number of aromatic nitrogens is 1. The minimum atomic E-state index is -0.966. The van der Waals surface area contributed by atoms with E-state index in [1.807, 2.05) is 73.7 Å². The Morgan fingerprint density at radius 3 is 2.41 bits per heavy atom. The van der Waals surface area contributed by atoms with Gasteiger partial charge in [-0.1, -0.05) is 35.4 Å². The van der Waals surface area contributed by atoms with Crippen molar-refractivity contribution < 1.29 is 14.6 Å². The number of rotatable bonds is 5. The highest BCUT2D eigenvalue weighted by Crippen LogP contribution is 2.27. The SMILES string of the molecule is Cc1ccc2nc(-c3ccc(OCc4ccc(Cl)cc4)cc3)cc(C(=O)O)c2c1. The first-order valence-electron chi connectivity index (χ1n) is 9.12. The van der Waals surface area contributed by atoms with Crippen molar-refractivity contribution in [3.05, 3.63) is 94.5 Å². The summed E-state index contributed by atoms with van der Waals surface area (Å²) in [5.41, 5.74) is 4.37. The van der Waals surface area contributed by atoms with Crippen LogP contribution in [0.15, 0.2) is 72.8 Å². The summed E-state index contributed by atoms with van der Waals surface area (Å²) in [5.74, 6) is -0.245. The Morgan fingerprint density at radius 1 is 1.00 bits per heavy atom. The van der Waals surface area contributed by atoms with Crippen molar-refractivity contribution in [1.29, 1.82) is 0 Å². The molecule has 29 heavy (non-hydrogen) atoms. The summed E-state index contributed by atoms with van der Waals surface area (Å²) in [7, 11) is 0. The number of pyridine rings is 1. The molecule has 0 saturated carbocycles. The molecular weight excluding hydrogens is 386 g/mol. The van der Waals surface area contributed by atoms with Crippen LogP contribution in [0.2, 0.25) is 5.02 Å². The van der Waals surface area contributed by atoms with E-state index in [0.717, 1.165) is 22.4 Å². The second-order valence-electron chi connectivity index (χ2n) is 6.82. The van der Waals surface area contributed by atoms with Crippen molar-refractivity contribution in [2.45, 2.75) is 13.5 Å². The van der Waals surface area contributed by atoms with Crippen molar-refractivity contribution in [3.8, 4) is 17.0 Å². The summed E-state index contributed by atoms with van der Waals surface area (Å²) in [5, 5.41) is 11.0. The van der Waals surface area contributed by atoms with Crippen LogP contribution in [0.3, 0.4) is 0 Å². The van der Waals surface area contributed by atoms with Crippen molar-refractivity contribution in [3.63, 3.8) is 0 Å². The molecule has 0 aliphatic rings. The van der Waals surface area contributed by atoms with E-state index in [4.69, 9.17) is 16.3 Å². The van der Waals surface area contributed by atoms with Crippen molar-refractivity contribution >= 4 is 28.5 Å². The van der Waals surface area contributed by atoms with Crippen LogP contribution in [0.25, 0.3) is 22.2 Å². The third kappa shape index (κ3) is 4.23. The monoisotopic (exact) mass is 403 g/mol. The van der Waals surface area contributed by atoms with Crippen LogP contribution in [-0.4, -0.2) is 16.1 Å². The molecule has 1 N–H and O–H groups in total. The maximum atomic E-state index is 11.7. The predicted molar refractivity (Wildman–Crippen MR) is 115 cm³/mol. The van der Waals surface area contributed by atoms with E-state index in [2.05, 4.69) is 4.98 Å². The van der Waals surface area contributed by atoms with Gasteiger partial charge in [-0.3, -0.25) is 0 Å². The van der Waals surface area contributed by atoms with Crippen LogP contribution in [0.5, 0.6) is 5.75 Å². The zero-order valence-corrected chi connectivity index (χ0v) is 16.5. The summed E-state index contributed by atoms with van der Waals surface area (Å²) < 4.78 is 5.81. The molecule has 0 aliphatic carbocycles. The number of aromatic carboxylic acids is 1. The van der Waals surface area contributed by atoms with Crippen LogP contribution in [0.1, 0.15) is 21.5 Å². The van der Waals surface area contributed by atoms with Crippen LogP contribution < -0.4 is 4.74 Å². The molecule has 0 atom stereocenters. The average Bonchev–Trinajstić information content (AvgIpc) is 2.73. The Morgan fingerprint density at radius 2 is 1.72 bits per heavy atom. The molecule has 0 bridgehead atoms. The van der Waals surface area contributed by atoms with Gasteiger partial charge in [0.15, 0.2) is 0 Å². The lowest BCUT2D eigenvalue weighted by molar-refractivity contribution is 0.0699. The van der Waals surface area contributed by atoms with Crippen molar-refractivity contribution in [1.82, 2.24) is 4.98 Å². The zero-order valence-electron chi connectivity index (χ0n) is 15.7. The number of ether oxygens (including phenoxy) is 1. The van der Waals surface area contributed by atoms with Crippen LogP contribution in [0, 0.1) is 6.92 Å². The van der Waals surface area contributed by atoms with E-state index in [9.17, 15) is 9.90 Å². The summed E-state index contributed by atoms with van der Waals surface area (Å²) in [6.45, 7) is 2.37. The highest BCUT2D eigenvalue weighted by molar-refractivity contribution is 6.30. The number of carbonyl (C=O) groups is 1. The van der Waals surface area contributed by atoms with E-state index in [1.54, 1.807) is 6.07 Å². The number of halogens is 1. The largest absolute Gasteiger partial charge is 0.489 e. The number of fused-ring (bicyclic) bond motifs is 1. The summed E-state index contributed by atoms with van der Waals surface area (Å²) >= 11 is 5.90. The third-order valence-corrected chi connectivity index (χ3v) is 4.92. The second kappa shape index (κ2) is 7.94. The van der Waals surface area contributed by atoms with Gasteiger partial charge in [-0.05, 0) is 67.1 Å².